The molecule has 330 valence electrons. The van der Waals surface area contributed by atoms with Crippen LogP contribution in [0.5, 0.6) is 0 Å². The second-order valence-electron chi connectivity index (χ2n) is 10.1. The van der Waals surface area contributed by atoms with Crippen molar-refractivity contribution >= 4 is 39.4 Å². The van der Waals surface area contributed by atoms with Gasteiger partial charge in [0.1, 0.15) is 0 Å². The van der Waals surface area contributed by atoms with E-state index in [1.807, 2.05) is 152 Å². The second kappa shape index (κ2) is 45.5. The Kier molecular flexibility index (Phi) is 53.7. The van der Waals surface area contributed by atoms with Gasteiger partial charge in [-0.3, -0.25) is 15.0 Å². The Bertz CT molecular complexity index is 1570. The number of aliphatic hydroxyl groups is 2. The molecule has 58 heavy (non-hydrogen) atoms. The maximum absolute atomic E-state index is 9.02. The van der Waals surface area contributed by atoms with Gasteiger partial charge >= 0.3 is 7.12 Å². The molecule has 6 aromatic rings. The zero-order chi connectivity index (χ0) is 43.4. The molecule has 0 amide bonds. The zero-order valence-corrected chi connectivity index (χ0v) is 37.5. The molecule has 8 heteroatoms. The summed E-state index contributed by atoms with van der Waals surface area (Å²) < 4.78 is 0. The molecule has 7 nitrogen and oxygen atoms in total. The van der Waals surface area contributed by atoms with Crippen molar-refractivity contribution < 1.29 is 20.3 Å². The third-order valence-electron chi connectivity index (χ3n) is 7.11. The lowest BCUT2D eigenvalue weighted by Gasteiger charge is -2.05. The van der Waals surface area contributed by atoms with E-state index in [-0.39, 0.29) is 35.5 Å². The third-order valence-corrected chi connectivity index (χ3v) is 7.11. The topological polar surface area (TPSA) is 120 Å². The molecular weight excluding hydrogens is 717 g/mol. The van der Waals surface area contributed by atoms with E-state index in [1.54, 1.807) is 12.4 Å². The SMILES string of the molecule is C.C.C.CB(O)O.CC.CC.CC.CC.CC.CC.CCc1ncc2ccccc2c1C.Cc1c(CO)ncc2ccccc12.Cc1c(CO)ncc2ccccc12. The molecule has 6 rings (SSSR count). The predicted octanol–water partition coefficient (Wildman–Crippen LogP) is 14.3. The number of pyridine rings is 3. The van der Waals surface area contributed by atoms with E-state index in [0.717, 1.165) is 39.7 Å². The number of fused-ring (bicyclic) bond motifs is 3. The molecule has 3 aromatic carbocycles. The Hall–Kier alpha value is -4.21. The molecule has 0 unspecified atom stereocenters. The summed E-state index contributed by atoms with van der Waals surface area (Å²) in [6.07, 6.45) is 6.57. The van der Waals surface area contributed by atoms with Crippen LogP contribution in [-0.2, 0) is 19.6 Å². The number of aromatic nitrogens is 3. The highest BCUT2D eigenvalue weighted by molar-refractivity contribution is 6.38. The van der Waals surface area contributed by atoms with Crippen LogP contribution in [0.1, 0.15) is 146 Å². The quantitative estimate of drug-likeness (QED) is 0.131. The molecule has 0 saturated carbocycles. The smallest absolute Gasteiger partial charge is 0.427 e. The van der Waals surface area contributed by atoms with E-state index in [0.29, 0.717) is 0 Å². The average molecular weight is 806 g/mol. The van der Waals surface area contributed by atoms with E-state index in [1.165, 1.54) is 39.6 Å². The molecule has 0 saturated heterocycles. The Morgan fingerprint density at radius 2 is 0.638 bits per heavy atom. The number of hydrogen-bond acceptors (Lipinski definition) is 7. The van der Waals surface area contributed by atoms with Crippen LogP contribution in [0, 0.1) is 20.8 Å². The van der Waals surface area contributed by atoms with Gasteiger partial charge < -0.3 is 20.3 Å². The van der Waals surface area contributed by atoms with Crippen molar-refractivity contribution in [3.8, 4) is 0 Å². The van der Waals surface area contributed by atoms with E-state index in [2.05, 4.69) is 53.1 Å². The van der Waals surface area contributed by atoms with Crippen LogP contribution < -0.4 is 0 Å². The second-order valence-corrected chi connectivity index (χ2v) is 10.1. The van der Waals surface area contributed by atoms with Gasteiger partial charge in [0.25, 0.3) is 0 Å². The van der Waals surface area contributed by atoms with Gasteiger partial charge in [-0.15, -0.1) is 0 Å². The number of rotatable bonds is 3. The van der Waals surface area contributed by atoms with Crippen LogP contribution in [0.2, 0.25) is 6.82 Å². The van der Waals surface area contributed by atoms with E-state index < -0.39 is 7.12 Å². The lowest BCUT2D eigenvalue weighted by Crippen LogP contribution is -2.00. The highest BCUT2D eigenvalue weighted by Gasteiger charge is 2.04. The Morgan fingerprint density at radius 3 is 0.862 bits per heavy atom. The van der Waals surface area contributed by atoms with Crippen LogP contribution in [0.4, 0.5) is 0 Å². The maximum Gasteiger partial charge on any atom is 0.448 e. The molecule has 4 N–H and O–H groups in total. The number of aliphatic hydroxyl groups excluding tert-OH is 2. The van der Waals surface area contributed by atoms with Crippen LogP contribution in [0.3, 0.4) is 0 Å². The van der Waals surface area contributed by atoms with Gasteiger partial charge in [0.15, 0.2) is 0 Å². The van der Waals surface area contributed by atoms with Gasteiger partial charge in [0, 0.05) is 40.4 Å². The van der Waals surface area contributed by atoms with Gasteiger partial charge in [-0.2, -0.15) is 0 Å². The monoisotopic (exact) mass is 806 g/mol. The summed E-state index contributed by atoms with van der Waals surface area (Å²) >= 11 is 0. The fraction of sp³-hybridized carbons (Fsp3) is 0.460. The van der Waals surface area contributed by atoms with Crippen molar-refractivity contribution in [1.82, 2.24) is 15.0 Å². The highest BCUT2D eigenvalue weighted by Crippen LogP contribution is 2.21. The molecular formula is C50H88BN3O4. The third kappa shape index (κ3) is 24.5. The van der Waals surface area contributed by atoms with Crippen molar-refractivity contribution in [2.75, 3.05) is 0 Å². The van der Waals surface area contributed by atoms with Crippen molar-refractivity contribution in [3.05, 3.63) is 125 Å². The standard InChI is InChI=1S/C12H13N.2C11H11NO.6C2H6.CH5BO2.3CH4/c1-3-12-9(2)11-7-5-4-6-10(11)8-13-12;2*1-8-10-5-3-2-4-9(10)6-12-11(8)7-13;6*1-2;1-2(3)4;;;/h4-8H,3H2,1-2H3;2*2-6,13H,7H2,1H3;6*1-2H3;3-4H,1H3;3*1H4. The first kappa shape index (κ1) is 68.5. The molecule has 0 bridgehead atoms. The van der Waals surface area contributed by atoms with Crippen molar-refractivity contribution in [1.29, 1.82) is 0 Å². The van der Waals surface area contributed by atoms with Crippen molar-refractivity contribution in [2.24, 2.45) is 0 Å². The lowest BCUT2D eigenvalue weighted by molar-refractivity contribution is 0.276. The highest BCUT2D eigenvalue weighted by atomic mass is 16.4. The largest absolute Gasteiger partial charge is 0.448 e. The number of benzene rings is 3. The summed E-state index contributed by atoms with van der Waals surface area (Å²) in [5, 5.41) is 40.4. The summed E-state index contributed by atoms with van der Waals surface area (Å²) in [4.78, 5) is 12.8. The van der Waals surface area contributed by atoms with Crippen LogP contribution in [0.25, 0.3) is 32.3 Å². The first-order valence-corrected chi connectivity index (χ1v) is 20.3. The van der Waals surface area contributed by atoms with Gasteiger partial charge in [-0.1, -0.05) is 185 Å². The summed E-state index contributed by atoms with van der Waals surface area (Å²) in [6, 6.07) is 24.5. The minimum absolute atomic E-state index is 0. The fourth-order valence-corrected chi connectivity index (χ4v) is 4.73. The number of aryl methyl sites for hydroxylation is 4. The lowest BCUT2D eigenvalue weighted by atomic mass is 9.99. The van der Waals surface area contributed by atoms with Crippen molar-refractivity contribution in [3.63, 3.8) is 0 Å². The van der Waals surface area contributed by atoms with Gasteiger partial charge in [0.2, 0.25) is 0 Å². The molecule has 3 heterocycles. The summed E-state index contributed by atoms with van der Waals surface area (Å²) in [7, 11) is -1.17. The van der Waals surface area contributed by atoms with E-state index in [9.17, 15) is 0 Å². The first-order valence-electron chi connectivity index (χ1n) is 20.3. The number of hydrogen-bond donors (Lipinski definition) is 4. The molecule has 0 atom stereocenters. The fourth-order valence-electron chi connectivity index (χ4n) is 4.73. The van der Waals surface area contributed by atoms with Crippen LogP contribution >= 0.6 is 0 Å². The zero-order valence-electron chi connectivity index (χ0n) is 37.5. The van der Waals surface area contributed by atoms with Crippen molar-refractivity contribution in [2.45, 2.75) is 160 Å². The van der Waals surface area contributed by atoms with E-state index in [4.69, 9.17) is 20.3 Å². The molecule has 0 spiro atoms. The number of nitrogens with zero attached hydrogens (tertiary/aromatic N) is 3. The molecule has 3 aromatic heterocycles. The normalized spacial score (nSPS) is 8.22. The van der Waals surface area contributed by atoms with Crippen LogP contribution in [0.15, 0.2) is 91.4 Å². The van der Waals surface area contributed by atoms with Gasteiger partial charge in [0.05, 0.1) is 24.6 Å². The van der Waals surface area contributed by atoms with E-state index >= 15 is 0 Å². The van der Waals surface area contributed by atoms with Gasteiger partial charge in [-0.25, -0.2) is 0 Å². The summed E-state index contributed by atoms with van der Waals surface area (Å²) in [6.45, 7) is 33.6. The Labute approximate surface area is 358 Å². The van der Waals surface area contributed by atoms with Crippen LogP contribution in [-0.4, -0.2) is 42.3 Å². The molecule has 0 aliphatic rings. The molecule has 0 aliphatic heterocycles. The molecule has 0 fully saturated rings. The summed E-state index contributed by atoms with van der Waals surface area (Å²) in [5.41, 5.74) is 6.19. The Balaban J connectivity index is -0.000000112. The average Bonchev–Trinajstić information content (AvgIpc) is 3.26. The minimum atomic E-state index is -1.17. The minimum Gasteiger partial charge on any atom is -0.427 e. The first-order chi connectivity index (χ1) is 26.7. The Morgan fingerprint density at radius 1 is 0.431 bits per heavy atom. The predicted molar refractivity (Wildman–Crippen MR) is 265 cm³/mol. The van der Waals surface area contributed by atoms with Gasteiger partial charge in [-0.05, 0) is 66.9 Å². The molecule has 0 aliphatic carbocycles. The molecule has 0 radical (unpaired) electrons. The summed E-state index contributed by atoms with van der Waals surface area (Å²) in [5.74, 6) is 0. The maximum atomic E-state index is 9.02.